The molecule has 0 aromatic carbocycles. The van der Waals surface area contributed by atoms with Crippen LogP contribution in [0.4, 0.5) is 11.6 Å². The zero-order chi connectivity index (χ0) is 13.0. The van der Waals surface area contributed by atoms with Gasteiger partial charge in [-0.15, -0.1) is 0 Å². The standard InChI is InChI=1S/C13H23N5/c1-2-3-13(10-14)4-6-18(7-5-13)12-9-16-8-11(15)17-12/h8-9H,2-7,10,14H2,1H3,(H2,15,17). The number of anilines is 2. The Morgan fingerprint density at radius 3 is 2.61 bits per heavy atom. The number of hydrogen-bond donors (Lipinski definition) is 2. The summed E-state index contributed by atoms with van der Waals surface area (Å²) >= 11 is 0. The van der Waals surface area contributed by atoms with E-state index >= 15 is 0 Å². The van der Waals surface area contributed by atoms with Crippen LogP contribution in [-0.4, -0.2) is 29.6 Å². The first-order valence-corrected chi connectivity index (χ1v) is 6.72. The number of aromatic nitrogens is 2. The lowest BCUT2D eigenvalue weighted by Crippen LogP contribution is -2.44. The lowest BCUT2D eigenvalue weighted by molar-refractivity contribution is 0.207. The molecule has 1 aliphatic heterocycles. The van der Waals surface area contributed by atoms with Gasteiger partial charge in [-0.1, -0.05) is 13.3 Å². The van der Waals surface area contributed by atoms with Gasteiger partial charge in [-0.05, 0) is 31.2 Å². The lowest BCUT2D eigenvalue weighted by Gasteiger charge is -2.41. The van der Waals surface area contributed by atoms with E-state index in [1.807, 2.05) is 0 Å². The molecule has 0 saturated carbocycles. The van der Waals surface area contributed by atoms with Gasteiger partial charge in [0.2, 0.25) is 0 Å². The van der Waals surface area contributed by atoms with Gasteiger partial charge < -0.3 is 16.4 Å². The third-order valence-corrected chi connectivity index (χ3v) is 4.00. The normalized spacial score (nSPS) is 18.9. The Hall–Kier alpha value is -1.36. The van der Waals surface area contributed by atoms with Crippen LogP contribution in [0.1, 0.15) is 32.6 Å². The molecule has 2 rings (SSSR count). The molecule has 5 nitrogen and oxygen atoms in total. The van der Waals surface area contributed by atoms with Gasteiger partial charge in [0.05, 0.1) is 12.4 Å². The summed E-state index contributed by atoms with van der Waals surface area (Å²) in [7, 11) is 0. The Morgan fingerprint density at radius 2 is 2.06 bits per heavy atom. The molecule has 0 spiro atoms. The van der Waals surface area contributed by atoms with Crippen LogP contribution in [0.2, 0.25) is 0 Å². The van der Waals surface area contributed by atoms with Crippen LogP contribution in [-0.2, 0) is 0 Å². The van der Waals surface area contributed by atoms with Crippen LogP contribution >= 0.6 is 0 Å². The summed E-state index contributed by atoms with van der Waals surface area (Å²) in [5.74, 6) is 1.37. The van der Waals surface area contributed by atoms with Crippen molar-refractivity contribution in [3.05, 3.63) is 12.4 Å². The maximum Gasteiger partial charge on any atom is 0.149 e. The van der Waals surface area contributed by atoms with Crippen molar-refractivity contribution in [3.8, 4) is 0 Å². The monoisotopic (exact) mass is 249 g/mol. The number of hydrogen-bond acceptors (Lipinski definition) is 5. The van der Waals surface area contributed by atoms with E-state index in [-0.39, 0.29) is 0 Å². The minimum Gasteiger partial charge on any atom is -0.382 e. The highest BCUT2D eigenvalue weighted by Crippen LogP contribution is 2.36. The molecule has 0 amide bonds. The minimum absolute atomic E-state index is 0.332. The Labute approximate surface area is 109 Å². The summed E-state index contributed by atoms with van der Waals surface area (Å²) in [5, 5.41) is 0. The Bertz CT molecular complexity index is 385. The average Bonchev–Trinajstić information content (AvgIpc) is 2.40. The van der Waals surface area contributed by atoms with Crippen LogP contribution in [0.3, 0.4) is 0 Å². The smallest absolute Gasteiger partial charge is 0.149 e. The summed E-state index contributed by atoms with van der Waals surface area (Å²) in [6, 6.07) is 0. The second-order valence-electron chi connectivity index (χ2n) is 5.24. The van der Waals surface area contributed by atoms with Gasteiger partial charge in [0.25, 0.3) is 0 Å². The molecule has 18 heavy (non-hydrogen) atoms. The van der Waals surface area contributed by atoms with Crippen molar-refractivity contribution in [2.75, 3.05) is 30.3 Å². The fraction of sp³-hybridized carbons (Fsp3) is 0.692. The summed E-state index contributed by atoms with van der Waals surface area (Å²) in [5.41, 5.74) is 12.0. The van der Waals surface area contributed by atoms with Gasteiger partial charge in [0.15, 0.2) is 0 Å². The van der Waals surface area contributed by atoms with Crippen molar-refractivity contribution in [1.29, 1.82) is 0 Å². The van der Waals surface area contributed by atoms with Crippen LogP contribution in [0.25, 0.3) is 0 Å². The second kappa shape index (κ2) is 5.52. The Balaban J connectivity index is 2.01. The Kier molecular flexibility index (Phi) is 4.01. The summed E-state index contributed by atoms with van der Waals surface area (Å²) < 4.78 is 0. The highest BCUT2D eigenvalue weighted by Gasteiger charge is 2.32. The number of piperidine rings is 1. The average molecular weight is 249 g/mol. The third-order valence-electron chi connectivity index (χ3n) is 4.00. The topological polar surface area (TPSA) is 81.1 Å². The van der Waals surface area contributed by atoms with Crippen molar-refractivity contribution in [2.45, 2.75) is 32.6 Å². The lowest BCUT2D eigenvalue weighted by atomic mass is 9.75. The first-order valence-electron chi connectivity index (χ1n) is 6.72. The molecule has 0 unspecified atom stereocenters. The molecule has 0 bridgehead atoms. The quantitative estimate of drug-likeness (QED) is 0.843. The van der Waals surface area contributed by atoms with Crippen LogP contribution in [0.5, 0.6) is 0 Å². The highest BCUT2D eigenvalue weighted by atomic mass is 15.2. The molecule has 1 aliphatic rings. The molecule has 5 heteroatoms. The molecule has 0 atom stereocenters. The van der Waals surface area contributed by atoms with Gasteiger partial charge in [-0.2, -0.15) is 0 Å². The van der Waals surface area contributed by atoms with E-state index in [9.17, 15) is 0 Å². The van der Waals surface area contributed by atoms with Gasteiger partial charge in [0, 0.05) is 13.1 Å². The van der Waals surface area contributed by atoms with E-state index in [0.717, 1.165) is 38.3 Å². The molecule has 0 radical (unpaired) electrons. The van der Waals surface area contributed by atoms with E-state index in [4.69, 9.17) is 11.5 Å². The van der Waals surface area contributed by atoms with E-state index in [1.165, 1.54) is 12.8 Å². The third kappa shape index (κ3) is 2.72. The molecule has 0 aliphatic carbocycles. The van der Waals surface area contributed by atoms with Crippen LogP contribution in [0.15, 0.2) is 12.4 Å². The molecular weight excluding hydrogens is 226 g/mol. The van der Waals surface area contributed by atoms with Gasteiger partial charge >= 0.3 is 0 Å². The highest BCUT2D eigenvalue weighted by molar-refractivity contribution is 5.41. The van der Waals surface area contributed by atoms with Gasteiger partial charge in [-0.25, -0.2) is 4.98 Å². The van der Waals surface area contributed by atoms with E-state index in [1.54, 1.807) is 12.4 Å². The van der Waals surface area contributed by atoms with Crippen LogP contribution in [0, 0.1) is 5.41 Å². The number of nitrogen functional groups attached to an aromatic ring is 1. The first kappa shape index (κ1) is 13.1. The van der Waals surface area contributed by atoms with Crippen LogP contribution < -0.4 is 16.4 Å². The Morgan fingerprint density at radius 1 is 1.33 bits per heavy atom. The van der Waals surface area contributed by atoms with Crippen molar-refractivity contribution < 1.29 is 0 Å². The first-order chi connectivity index (χ1) is 8.69. The number of nitrogens with zero attached hydrogens (tertiary/aromatic N) is 3. The molecule has 1 fully saturated rings. The van der Waals surface area contributed by atoms with Gasteiger partial charge in [-0.3, -0.25) is 4.98 Å². The predicted molar refractivity (Wildman–Crippen MR) is 74.3 cm³/mol. The minimum atomic E-state index is 0.332. The fourth-order valence-corrected chi connectivity index (χ4v) is 2.82. The molecule has 2 heterocycles. The molecule has 100 valence electrons. The number of rotatable bonds is 4. The maximum atomic E-state index is 5.97. The molecule has 1 aromatic rings. The van der Waals surface area contributed by atoms with E-state index in [2.05, 4.69) is 21.8 Å². The molecular formula is C13H23N5. The SMILES string of the molecule is CCCC1(CN)CCN(c2cncc(N)n2)CC1. The largest absolute Gasteiger partial charge is 0.382 e. The molecule has 1 aromatic heterocycles. The van der Waals surface area contributed by atoms with Crippen molar-refractivity contribution in [2.24, 2.45) is 11.1 Å². The van der Waals surface area contributed by atoms with Gasteiger partial charge in [0.1, 0.15) is 11.6 Å². The predicted octanol–water partition coefficient (Wildman–Crippen LogP) is 1.40. The van der Waals surface area contributed by atoms with E-state index in [0.29, 0.717) is 11.2 Å². The van der Waals surface area contributed by atoms with Crippen molar-refractivity contribution in [3.63, 3.8) is 0 Å². The summed E-state index contributed by atoms with van der Waals surface area (Å²) in [6.07, 6.45) is 8.05. The van der Waals surface area contributed by atoms with Crippen molar-refractivity contribution >= 4 is 11.6 Å². The summed E-state index contributed by atoms with van der Waals surface area (Å²) in [4.78, 5) is 10.7. The number of nitrogens with two attached hydrogens (primary N) is 2. The van der Waals surface area contributed by atoms with E-state index < -0.39 is 0 Å². The maximum absolute atomic E-state index is 5.97. The zero-order valence-electron chi connectivity index (χ0n) is 11.1. The summed E-state index contributed by atoms with van der Waals surface area (Å²) in [6.45, 7) is 5.01. The van der Waals surface area contributed by atoms with Crippen molar-refractivity contribution in [1.82, 2.24) is 9.97 Å². The fourth-order valence-electron chi connectivity index (χ4n) is 2.82. The second-order valence-corrected chi connectivity index (χ2v) is 5.24. The molecule has 1 saturated heterocycles. The molecule has 4 N–H and O–H groups in total. The zero-order valence-corrected chi connectivity index (χ0v) is 11.1.